The van der Waals surface area contributed by atoms with Crippen LogP contribution in [0.25, 0.3) is 11.1 Å². The number of benzene rings is 2. The maximum absolute atomic E-state index is 13.6. The largest absolute Gasteiger partial charge is 0.325 e. The summed E-state index contributed by atoms with van der Waals surface area (Å²) in [7, 11) is -4.05. The standard InChI is InChI=1S/C22H25F2N3O3S/c23-15-31(29,30)25-20-8-11-27(22(28)26-9-3-10-26)21(20)13-16-4-1-5-17(12-16)18-6-2-7-19(24)14-18/h1-2,4-7,12,14,20-21,25H,3,8-11,13,15H2/t20-,21-/m0/s1. The molecular weight excluding hydrogens is 424 g/mol. The van der Waals surface area contributed by atoms with Crippen LogP contribution in [0.2, 0.25) is 0 Å². The fraction of sp³-hybridized carbons (Fsp3) is 0.409. The third-order valence-electron chi connectivity index (χ3n) is 5.92. The minimum atomic E-state index is -4.05. The zero-order valence-electron chi connectivity index (χ0n) is 17.0. The van der Waals surface area contributed by atoms with Gasteiger partial charge in [0.2, 0.25) is 16.0 Å². The Morgan fingerprint density at radius 2 is 1.77 bits per heavy atom. The van der Waals surface area contributed by atoms with Gasteiger partial charge in [-0.25, -0.2) is 26.7 Å². The van der Waals surface area contributed by atoms with E-state index in [9.17, 15) is 22.0 Å². The van der Waals surface area contributed by atoms with E-state index in [1.165, 1.54) is 12.1 Å². The van der Waals surface area contributed by atoms with Gasteiger partial charge in [0.1, 0.15) is 5.82 Å². The van der Waals surface area contributed by atoms with Gasteiger partial charge in [0.05, 0.1) is 6.04 Å². The van der Waals surface area contributed by atoms with Crippen LogP contribution in [0.1, 0.15) is 18.4 Å². The van der Waals surface area contributed by atoms with E-state index in [-0.39, 0.29) is 11.8 Å². The van der Waals surface area contributed by atoms with Gasteiger partial charge in [0.15, 0.2) is 0 Å². The predicted octanol–water partition coefficient (Wildman–Crippen LogP) is 3.15. The number of carbonyl (C=O) groups excluding carboxylic acids is 1. The molecule has 2 fully saturated rings. The van der Waals surface area contributed by atoms with Crippen molar-refractivity contribution in [1.29, 1.82) is 0 Å². The van der Waals surface area contributed by atoms with E-state index in [1.807, 2.05) is 30.3 Å². The number of sulfonamides is 1. The molecule has 2 saturated heterocycles. The Morgan fingerprint density at radius 3 is 2.42 bits per heavy atom. The fourth-order valence-corrected chi connectivity index (χ4v) is 5.02. The van der Waals surface area contributed by atoms with Gasteiger partial charge in [-0.3, -0.25) is 0 Å². The summed E-state index contributed by atoms with van der Waals surface area (Å²) in [5.74, 6) is -0.328. The Labute approximate surface area is 180 Å². The van der Waals surface area contributed by atoms with Crippen LogP contribution in [0, 0.1) is 5.82 Å². The van der Waals surface area contributed by atoms with Crippen LogP contribution in [-0.4, -0.2) is 62.0 Å². The van der Waals surface area contributed by atoms with Crippen molar-refractivity contribution in [2.45, 2.75) is 31.3 Å². The lowest BCUT2D eigenvalue weighted by molar-refractivity contribution is 0.120. The molecule has 2 aromatic carbocycles. The van der Waals surface area contributed by atoms with Crippen molar-refractivity contribution in [3.63, 3.8) is 0 Å². The third-order valence-corrected chi connectivity index (χ3v) is 6.87. The fourth-order valence-electron chi connectivity index (χ4n) is 4.22. The molecule has 2 aliphatic heterocycles. The van der Waals surface area contributed by atoms with Crippen molar-refractivity contribution >= 4 is 16.1 Å². The average molecular weight is 450 g/mol. The summed E-state index contributed by atoms with van der Waals surface area (Å²) in [6, 6.07) is 11.2. The molecule has 166 valence electrons. The molecule has 2 aliphatic rings. The molecule has 2 heterocycles. The van der Waals surface area contributed by atoms with Gasteiger partial charge in [-0.15, -0.1) is 0 Å². The molecule has 6 nitrogen and oxygen atoms in total. The van der Waals surface area contributed by atoms with E-state index >= 15 is 0 Å². The van der Waals surface area contributed by atoms with Gasteiger partial charge >= 0.3 is 6.03 Å². The van der Waals surface area contributed by atoms with Gasteiger partial charge in [-0.1, -0.05) is 36.4 Å². The predicted molar refractivity (Wildman–Crippen MR) is 114 cm³/mol. The van der Waals surface area contributed by atoms with E-state index in [2.05, 4.69) is 4.72 Å². The van der Waals surface area contributed by atoms with Crippen LogP contribution in [0.15, 0.2) is 48.5 Å². The molecule has 31 heavy (non-hydrogen) atoms. The summed E-state index contributed by atoms with van der Waals surface area (Å²) in [6.07, 6.45) is 1.78. The molecule has 2 atom stereocenters. The average Bonchev–Trinajstić information content (AvgIpc) is 3.08. The first kappa shape index (κ1) is 21.7. The second kappa shape index (κ2) is 8.92. The first-order valence-electron chi connectivity index (χ1n) is 10.3. The highest BCUT2D eigenvalue weighted by molar-refractivity contribution is 7.89. The number of halogens is 2. The number of nitrogens with one attached hydrogen (secondary N) is 1. The summed E-state index contributed by atoms with van der Waals surface area (Å²) in [4.78, 5) is 16.3. The van der Waals surface area contributed by atoms with Crippen molar-refractivity contribution in [3.8, 4) is 11.1 Å². The van der Waals surface area contributed by atoms with Crippen LogP contribution < -0.4 is 4.72 Å². The number of hydrogen-bond donors (Lipinski definition) is 1. The number of rotatable bonds is 6. The Hall–Kier alpha value is -2.52. The molecule has 1 N–H and O–H groups in total. The normalized spacial score (nSPS) is 21.2. The van der Waals surface area contributed by atoms with Gasteiger partial charge in [-0.05, 0) is 48.1 Å². The minimum Gasteiger partial charge on any atom is -0.325 e. The summed E-state index contributed by atoms with van der Waals surface area (Å²) >= 11 is 0. The Kier molecular flexibility index (Phi) is 6.24. The first-order valence-corrected chi connectivity index (χ1v) is 12.0. The molecule has 0 radical (unpaired) electrons. The van der Waals surface area contributed by atoms with Crippen LogP contribution in [0.3, 0.4) is 0 Å². The Bertz CT molecular complexity index is 1060. The Morgan fingerprint density at radius 1 is 1.06 bits per heavy atom. The number of carbonyl (C=O) groups is 1. The van der Waals surface area contributed by atoms with Crippen molar-refractivity contribution in [1.82, 2.24) is 14.5 Å². The molecule has 0 unspecified atom stereocenters. The molecule has 4 rings (SSSR count). The van der Waals surface area contributed by atoms with Crippen LogP contribution in [0.4, 0.5) is 13.6 Å². The van der Waals surface area contributed by atoms with Crippen LogP contribution in [0.5, 0.6) is 0 Å². The first-order chi connectivity index (χ1) is 14.9. The van der Waals surface area contributed by atoms with Crippen molar-refractivity contribution < 1.29 is 22.0 Å². The Balaban J connectivity index is 1.59. The van der Waals surface area contributed by atoms with Gasteiger partial charge in [-0.2, -0.15) is 0 Å². The summed E-state index contributed by atoms with van der Waals surface area (Å²) in [6.45, 7) is 1.79. The molecule has 9 heteroatoms. The minimum absolute atomic E-state index is 0.112. The van der Waals surface area contributed by atoms with Crippen molar-refractivity contribution in [2.24, 2.45) is 0 Å². The molecular formula is C22H25F2N3O3S. The molecule has 2 amide bonds. The van der Waals surface area contributed by atoms with Crippen molar-refractivity contribution in [2.75, 3.05) is 25.6 Å². The van der Waals surface area contributed by atoms with Gasteiger partial charge in [0, 0.05) is 25.7 Å². The lowest BCUT2D eigenvalue weighted by Crippen LogP contribution is -2.54. The van der Waals surface area contributed by atoms with E-state index in [0.717, 1.165) is 23.1 Å². The van der Waals surface area contributed by atoms with E-state index in [1.54, 1.807) is 15.9 Å². The maximum Gasteiger partial charge on any atom is 0.320 e. The van der Waals surface area contributed by atoms with E-state index in [4.69, 9.17) is 0 Å². The zero-order valence-corrected chi connectivity index (χ0v) is 17.8. The third kappa shape index (κ3) is 4.88. The molecule has 0 aromatic heterocycles. The smallest absolute Gasteiger partial charge is 0.320 e. The number of nitrogens with zero attached hydrogens (tertiary/aromatic N) is 2. The van der Waals surface area contributed by atoms with Crippen molar-refractivity contribution in [3.05, 3.63) is 59.9 Å². The van der Waals surface area contributed by atoms with Crippen LogP contribution in [-0.2, 0) is 16.4 Å². The number of alkyl halides is 1. The zero-order chi connectivity index (χ0) is 22.0. The second-order valence-corrected chi connectivity index (χ2v) is 9.72. The molecule has 0 spiro atoms. The number of hydrogen-bond acceptors (Lipinski definition) is 3. The molecule has 2 aromatic rings. The number of urea groups is 1. The number of amides is 2. The topological polar surface area (TPSA) is 69.7 Å². The highest BCUT2D eigenvalue weighted by Crippen LogP contribution is 2.28. The van der Waals surface area contributed by atoms with Crippen LogP contribution >= 0.6 is 0 Å². The molecule has 0 aliphatic carbocycles. The molecule has 0 saturated carbocycles. The lowest BCUT2D eigenvalue weighted by atomic mass is 9.97. The SMILES string of the molecule is O=C(N1CCC1)N1CC[C@H](NS(=O)(=O)CF)[C@@H]1Cc1cccc(-c2cccc(F)c2)c1. The van der Waals surface area contributed by atoms with E-state index in [0.29, 0.717) is 32.5 Å². The summed E-state index contributed by atoms with van der Waals surface area (Å²) in [5.41, 5.74) is 2.45. The highest BCUT2D eigenvalue weighted by atomic mass is 32.2. The quantitative estimate of drug-likeness (QED) is 0.737. The molecule has 0 bridgehead atoms. The van der Waals surface area contributed by atoms with E-state index < -0.39 is 28.1 Å². The second-order valence-electron chi connectivity index (χ2n) is 8.04. The van der Waals surface area contributed by atoms with Gasteiger partial charge in [0.25, 0.3) is 0 Å². The summed E-state index contributed by atoms with van der Waals surface area (Å²) in [5, 5.41) is 0. The highest BCUT2D eigenvalue weighted by Gasteiger charge is 2.41. The number of likely N-dealkylation sites (tertiary alicyclic amines) is 2. The maximum atomic E-state index is 13.6. The lowest BCUT2D eigenvalue weighted by Gasteiger charge is -2.37. The van der Waals surface area contributed by atoms with Gasteiger partial charge < -0.3 is 9.80 Å². The monoisotopic (exact) mass is 449 g/mol. The summed E-state index contributed by atoms with van der Waals surface area (Å²) < 4.78 is 52.7.